The summed E-state index contributed by atoms with van der Waals surface area (Å²) in [5, 5.41) is 11.7. The lowest BCUT2D eigenvalue weighted by atomic mass is 10.2. The molecule has 0 aliphatic rings. The molecule has 0 fully saturated rings. The maximum Gasteiger partial charge on any atom is 0.162 e. The molecular weight excluding hydrogens is 222 g/mol. The monoisotopic (exact) mass is 234 g/mol. The van der Waals surface area contributed by atoms with Gasteiger partial charge >= 0.3 is 0 Å². The summed E-state index contributed by atoms with van der Waals surface area (Å²) in [7, 11) is 4.73. The normalized spacial score (nSPS) is 10.5. The van der Waals surface area contributed by atoms with Crippen LogP contribution in [-0.2, 0) is 7.05 Å². The van der Waals surface area contributed by atoms with Crippen LogP contribution >= 0.6 is 0 Å². The standard InChI is InChI=1S/C12H13NO4/c1-13-8-6-11(17-3)10(16-2)5-7(8)4-9(13)12(14)15/h4-6H,1-3H3,(H,14,15)/p-1. The molecule has 5 heteroatoms. The Morgan fingerprint density at radius 1 is 1.18 bits per heavy atom. The Morgan fingerprint density at radius 3 is 2.29 bits per heavy atom. The number of nitrogens with zero attached hydrogens (tertiary/aromatic N) is 1. The van der Waals surface area contributed by atoms with Crippen molar-refractivity contribution in [2.24, 2.45) is 7.05 Å². The van der Waals surface area contributed by atoms with Crippen molar-refractivity contribution in [2.75, 3.05) is 14.2 Å². The summed E-state index contributed by atoms with van der Waals surface area (Å²) < 4.78 is 11.9. The van der Waals surface area contributed by atoms with Crippen molar-refractivity contribution in [1.82, 2.24) is 4.57 Å². The third-order valence-corrected chi connectivity index (χ3v) is 2.76. The van der Waals surface area contributed by atoms with Gasteiger partial charge in [0, 0.05) is 18.5 Å². The van der Waals surface area contributed by atoms with Crippen molar-refractivity contribution in [1.29, 1.82) is 0 Å². The zero-order valence-electron chi connectivity index (χ0n) is 9.81. The fraction of sp³-hybridized carbons (Fsp3) is 0.250. The fourth-order valence-corrected chi connectivity index (χ4v) is 1.86. The number of hydrogen-bond donors (Lipinski definition) is 0. The molecule has 0 amide bonds. The number of carboxylic acids is 1. The number of fused-ring (bicyclic) bond motifs is 1. The first-order chi connectivity index (χ1) is 8.08. The van der Waals surface area contributed by atoms with E-state index in [0.29, 0.717) is 11.5 Å². The first-order valence-corrected chi connectivity index (χ1v) is 5.01. The summed E-state index contributed by atoms with van der Waals surface area (Å²) in [6.07, 6.45) is 0. The Morgan fingerprint density at radius 2 is 1.76 bits per heavy atom. The van der Waals surface area contributed by atoms with E-state index in [0.717, 1.165) is 10.9 Å². The number of hydrogen-bond acceptors (Lipinski definition) is 4. The van der Waals surface area contributed by atoms with Gasteiger partial charge in [-0.25, -0.2) is 0 Å². The number of methoxy groups -OCH3 is 2. The molecule has 17 heavy (non-hydrogen) atoms. The van der Waals surface area contributed by atoms with Crippen molar-refractivity contribution < 1.29 is 19.4 Å². The molecule has 5 nitrogen and oxygen atoms in total. The molecule has 0 saturated heterocycles. The Hall–Kier alpha value is -2.17. The molecule has 0 saturated carbocycles. The van der Waals surface area contributed by atoms with Gasteiger partial charge in [0.2, 0.25) is 0 Å². The second-order valence-corrected chi connectivity index (χ2v) is 3.64. The van der Waals surface area contributed by atoms with Crippen molar-refractivity contribution in [3.05, 3.63) is 23.9 Å². The van der Waals surface area contributed by atoms with E-state index in [2.05, 4.69) is 0 Å². The van der Waals surface area contributed by atoms with Gasteiger partial charge in [0.05, 0.1) is 31.4 Å². The first kappa shape index (κ1) is 11.3. The van der Waals surface area contributed by atoms with Crippen molar-refractivity contribution in [3.8, 4) is 11.5 Å². The minimum absolute atomic E-state index is 0.121. The lowest BCUT2D eigenvalue weighted by molar-refractivity contribution is -0.255. The highest BCUT2D eigenvalue weighted by atomic mass is 16.5. The average molecular weight is 234 g/mol. The number of carboxylic acid groups (broad SMARTS) is 1. The van der Waals surface area contributed by atoms with Gasteiger partial charge in [-0.3, -0.25) is 0 Å². The zero-order valence-corrected chi connectivity index (χ0v) is 9.81. The minimum atomic E-state index is -1.21. The summed E-state index contributed by atoms with van der Waals surface area (Å²) in [4.78, 5) is 10.9. The van der Waals surface area contributed by atoms with Crippen molar-refractivity contribution >= 4 is 16.9 Å². The summed E-state index contributed by atoms with van der Waals surface area (Å²) in [6, 6.07) is 5.02. The van der Waals surface area contributed by atoms with E-state index in [-0.39, 0.29) is 5.69 Å². The Kier molecular flexibility index (Phi) is 2.67. The molecule has 0 spiro atoms. The van der Waals surface area contributed by atoms with E-state index < -0.39 is 5.97 Å². The fourth-order valence-electron chi connectivity index (χ4n) is 1.86. The van der Waals surface area contributed by atoms with E-state index in [1.54, 1.807) is 29.8 Å². The molecule has 0 N–H and O–H groups in total. The topological polar surface area (TPSA) is 63.5 Å². The predicted octanol–water partition coefficient (Wildman–Crippen LogP) is 0.559. The number of carbonyl (C=O) groups excluding carboxylic acids is 1. The van der Waals surface area contributed by atoms with Crippen LogP contribution < -0.4 is 14.6 Å². The summed E-state index contributed by atoms with van der Waals surface area (Å²) in [6.45, 7) is 0. The summed E-state index contributed by atoms with van der Waals surface area (Å²) in [5.74, 6) is -0.0803. The predicted molar refractivity (Wildman–Crippen MR) is 60.4 cm³/mol. The highest BCUT2D eigenvalue weighted by Gasteiger charge is 2.11. The molecule has 0 aliphatic carbocycles. The Balaban J connectivity index is 2.75. The highest BCUT2D eigenvalue weighted by molar-refractivity contribution is 5.94. The van der Waals surface area contributed by atoms with Gasteiger partial charge in [-0.1, -0.05) is 0 Å². The lowest BCUT2D eigenvalue weighted by Crippen LogP contribution is -2.24. The molecule has 2 rings (SSSR count). The van der Waals surface area contributed by atoms with Gasteiger partial charge in [0.25, 0.3) is 0 Å². The molecule has 0 aliphatic heterocycles. The zero-order chi connectivity index (χ0) is 12.6. The van der Waals surface area contributed by atoms with E-state index >= 15 is 0 Å². The van der Waals surface area contributed by atoms with Crippen LogP contribution in [0.1, 0.15) is 10.5 Å². The largest absolute Gasteiger partial charge is 0.543 e. The molecular formula is C12H12NO4-. The molecule has 1 aromatic heterocycles. The summed E-state index contributed by atoms with van der Waals surface area (Å²) >= 11 is 0. The third-order valence-electron chi connectivity index (χ3n) is 2.76. The van der Waals surface area contributed by atoms with E-state index in [9.17, 15) is 9.90 Å². The van der Waals surface area contributed by atoms with Crippen LogP contribution in [0.5, 0.6) is 11.5 Å². The van der Waals surface area contributed by atoms with Crippen molar-refractivity contribution in [3.63, 3.8) is 0 Å². The van der Waals surface area contributed by atoms with Gasteiger partial charge in [0.15, 0.2) is 11.5 Å². The highest BCUT2D eigenvalue weighted by Crippen LogP contribution is 2.33. The smallest absolute Gasteiger partial charge is 0.162 e. The summed E-state index contributed by atoms with van der Waals surface area (Å²) in [5.41, 5.74) is 0.872. The average Bonchev–Trinajstić information content (AvgIpc) is 2.64. The molecule has 0 radical (unpaired) electrons. The molecule has 1 aromatic carbocycles. The van der Waals surface area contributed by atoms with Gasteiger partial charge in [-0.15, -0.1) is 0 Å². The van der Waals surface area contributed by atoms with Gasteiger partial charge in [0.1, 0.15) is 0 Å². The van der Waals surface area contributed by atoms with Gasteiger partial charge in [-0.05, 0) is 12.1 Å². The molecule has 0 bridgehead atoms. The number of aromatic nitrogens is 1. The minimum Gasteiger partial charge on any atom is -0.543 e. The van der Waals surface area contributed by atoms with E-state index in [1.165, 1.54) is 14.2 Å². The van der Waals surface area contributed by atoms with Crippen LogP contribution in [0.2, 0.25) is 0 Å². The quantitative estimate of drug-likeness (QED) is 0.778. The van der Waals surface area contributed by atoms with Crippen LogP contribution in [0.15, 0.2) is 18.2 Å². The van der Waals surface area contributed by atoms with Crippen molar-refractivity contribution in [2.45, 2.75) is 0 Å². The second kappa shape index (κ2) is 4.01. The molecule has 0 atom stereocenters. The maximum absolute atomic E-state index is 10.9. The number of carbonyl (C=O) groups is 1. The van der Waals surface area contributed by atoms with Crippen LogP contribution in [0, 0.1) is 0 Å². The van der Waals surface area contributed by atoms with Crippen LogP contribution in [-0.4, -0.2) is 24.8 Å². The molecule has 0 unspecified atom stereocenters. The van der Waals surface area contributed by atoms with Crippen LogP contribution in [0.3, 0.4) is 0 Å². The Labute approximate surface area is 98.2 Å². The van der Waals surface area contributed by atoms with Gasteiger partial charge < -0.3 is 23.9 Å². The maximum atomic E-state index is 10.9. The van der Waals surface area contributed by atoms with E-state index in [4.69, 9.17) is 9.47 Å². The van der Waals surface area contributed by atoms with Gasteiger partial charge in [-0.2, -0.15) is 0 Å². The molecule has 1 heterocycles. The number of aromatic carboxylic acids is 1. The molecule has 2 aromatic rings. The number of ether oxygens (including phenoxy) is 2. The number of aryl methyl sites for hydroxylation is 1. The van der Waals surface area contributed by atoms with Crippen LogP contribution in [0.4, 0.5) is 0 Å². The first-order valence-electron chi connectivity index (χ1n) is 5.01. The lowest BCUT2D eigenvalue weighted by Gasteiger charge is -2.08. The third kappa shape index (κ3) is 1.69. The Bertz CT molecular complexity index is 586. The SMILES string of the molecule is COc1cc2cc(C(=O)[O-])n(C)c2cc1OC. The molecule has 90 valence electrons. The van der Waals surface area contributed by atoms with E-state index in [1.807, 2.05) is 0 Å². The number of rotatable bonds is 3. The number of benzene rings is 1. The van der Waals surface area contributed by atoms with Crippen LogP contribution in [0.25, 0.3) is 10.9 Å². The second-order valence-electron chi connectivity index (χ2n) is 3.64.